The highest BCUT2D eigenvalue weighted by molar-refractivity contribution is 6.02. The van der Waals surface area contributed by atoms with Gasteiger partial charge in [-0.25, -0.2) is 4.68 Å². The van der Waals surface area contributed by atoms with Crippen molar-refractivity contribution in [1.82, 2.24) is 29.4 Å². The molecule has 5 rings (SSSR count). The average Bonchev–Trinajstić information content (AvgIpc) is 3.55. The summed E-state index contributed by atoms with van der Waals surface area (Å²) < 4.78 is 9.55. The first-order chi connectivity index (χ1) is 17.8. The molecule has 0 aliphatic carbocycles. The van der Waals surface area contributed by atoms with Gasteiger partial charge >= 0.3 is 0 Å². The average molecular weight is 505 g/mol. The number of fused-ring (bicyclic) bond motifs is 3. The summed E-state index contributed by atoms with van der Waals surface area (Å²) in [6.45, 7) is 5.61. The Hall–Kier alpha value is -3.47. The molecule has 1 atom stereocenters. The molecule has 0 saturated carbocycles. The van der Waals surface area contributed by atoms with E-state index in [1.807, 2.05) is 43.1 Å². The summed E-state index contributed by atoms with van der Waals surface area (Å²) in [6.07, 6.45) is 6.80. The van der Waals surface area contributed by atoms with Crippen molar-refractivity contribution in [2.75, 3.05) is 40.3 Å². The van der Waals surface area contributed by atoms with Crippen LogP contribution < -0.4 is 5.73 Å². The van der Waals surface area contributed by atoms with Crippen LogP contribution in [0.15, 0.2) is 46.9 Å². The number of hydrogen-bond acceptors (Lipinski definition) is 8. The van der Waals surface area contributed by atoms with Crippen LogP contribution in [0.4, 0.5) is 0 Å². The van der Waals surface area contributed by atoms with Crippen molar-refractivity contribution in [2.24, 2.45) is 17.8 Å². The zero-order valence-corrected chi connectivity index (χ0v) is 22.1. The predicted octanol–water partition coefficient (Wildman–Crippen LogP) is 2.20. The first-order valence-electron chi connectivity index (χ1n) is 12.7. The monoisotopic (exact) mass is 504 g/mol. The second-order valence-electron chi connectivity index (χ2n) is 10.0. The lowest BCUT2D eigenvalue weighted by molar-refractivity contribution is 0.165. The van der Waals surface area contributed by atoms with Gasteiger partial charge in [0.15, 0.2) is 5.88 Å². The first kappa shape index (κ1) is 25.2. The SMILES string of the molecule is CC(=NC1CCN(C)C1)C1=C(\N)OCCN(C)Cc2c(cnn2C)-c2ccc3c(c2)c(nn3CO)\C=C\1. The van der Waals surface area contributed by atoms with Crippen LogP contribution in [0.5, 0.6) is 0 Å². The number of nitrogens with zero attached hydrogens (tertiary/aromatic N) is 7. The van der Waals surface area contributed by atoms with Crippen LogP contribution in [0, 0.1) is 0 Å². The third kappa shape index (κ3) is 5.18. The van der Waals surface area contributed by atoms with E-state index in [0.29, 0.717) is 25.6 Å². The lowest BCUT2D eigenvalue weighted by Crippen LogP contribution is -2.25. The summed E-state index contributed by atoms with van der Waals surface area (Å²) in [6, 6.07) is 6.42. The number of hydrogen-bond donors (Lipinski definition) is 2. The molecular formula is C27H36N8O2. The Morgan fingerprint density at radius 1 is 1.19 bits per heavy atom. The summed E-state index contributed by atoms with van der Waals surface area (Å²) in [5.74, 6) is 0.347. The van der Waals surface area contributed by atoms with E-state index in [0.717, 1.165) is 64.2 Å². The van der Waals surface area contributed by atoms with Gasteiger partial charge in [-0.3, -0.25) is 14.6 Å². The Morgan fingerprint density at radius 3 is 2.78 bits per heavy atom. The largest absolute Gasteiger partial charge is 0.478 e. The van der Waals surface area contributed by atoms with Crippen molar-refractivity contribution < 1.29 is 9.84 Å². The standard InChI is InChI=1S/C27H36N8O2/c1-18(30-20-9-10-32(2)15-20)21-6-7-24-22-13-19(5-8-25(22)35(17-36)31-24)23-14-29-34(4)26(23)16-33(3)11-12-37-27(21)28/h5-8,13-14,20,36H,9-12,15-17,28H2,1-4H3/b7-6+,27-21+,30-18?. The molecule has 37 heavy (non-hydrogen) atoms. The van der Waals surface area contributed by atoms with Crippen LogP contribution in [0.3, 0.4) is 0 Å². The number of rotatable bonds is 3. The molecule has 2 aliphatic rings. The lowest BCUT2D eigenvalue weighted by atomic mass is 10.0. The molecule has 2 aromatic heterocycles. The Kier molecular flexibility index (Phi) is 7.14. The van der Waals surface area contributed by atoms with Crippen LogP contribution in [-0.4, -0.2) is 86.6 Å². The van der Waals surface area contributed by atoms with E-state index in [9.17, 15) is 5.11 Å². The fourth-order valence-electron chi connectivity index (χ4n) is 5.12. The molecule has 2 aliphatic heterocycles. The van der Waals surface area contributed by atoms with Crippen LogP contribution in [0.1, 0.15) is 24.7 Å². The van der Waals surface area contributed by atoms with Gasteiger partial charge in [0.2, 0.25) is 0 Å². The number of aliphatic imine (C=N–C) groups is 1. The summed E-state index contributed by atoms with van der Waals surface area (Å²) in [5, 5.41) is 20.1. The van der Waals surface area contributed by atoms with E-state index in [2.05, 4.69) is 46.2 Å². The molecular weight excluding hydrogens is 468 g/mol. The van der Waals surface area contributed by atoms with Gasteiger partial charge < -0.3 is 20.5 Å². The van der Waals surface area contributed by atoms with Gasteiger partial charge in [0.1, 0.15) is 13.3 Å². The molecule has 0 radical (unpaired) electrons. The van der Waals surface area contributed by atoms with Crippen molar-refractivity contribution in [3.8, 4) is 11.1 Å². The van der Waals surface area contributed by atoms with Gasteiger partial charge in [0.25, 0.3) is 0 Å². The number of likely N-dealkylation sites (N-methyl/N-ethyl adjacent to an activating group) is 2. The molecule has 3 aromatic rings. The third-order valence-electron chi connectivity index (χ3n) is 7.24. The first-order valence-corrected chi connectivity index (χ1v) is 12.7. The summed E-state index contributed by atoms with van der Waals surface area (Å²) in [4.78, 5) is 9.47. The van der Waals surface area contributed by atoms with Crippen LogP contribution >= 0.6 is 0 Å². The van der Waals surface area contributed by atoms with Gasteiger partial charge in [0, 0.05) is 43.3 Å². The van der Waals surface area contributed by atoms with Crippen molar-refractivity contribution in [2.45, 2.75) is 32.7 Å². The second-order valence-corrected chi connectivity index (χ2v) is 10.0. The topological polar surface area (TPSA) is 110 Å². The van der Waals surface area contributed by atoms with Crippen LogP contribution in [-0.2, 0) is 25.1 Å². The molecule has 196 valence electrons. The number of ether oxygens (including phenoxy) is 1. The zero-order chi connectivity index (χ0) is 26.1. The fraction of sp³-hybridized carbons (Fsp3) is 0.444. The molecule has 0 spiro atoms. The molecule has 1 aromatic carbocycles. The fourth-order valence-corrected chi connectivity index (χ4v) is 5.12. The maximum Gasteiger partial charge on any atom is 0.193 e. The van der Waals surface area contributed by atoms with E-state index in [1.165, 1.54) is 0 Å². The molecule has 1 fully saturated rings. The van der Waals surface area contributed by atoms with Gasteiger partial charge in [-0.2, -0.15) is 10.2 Å². The number of allylic oxidation sites excluding steroid dienone is 2. The maximum absolute atomic E-state index is 9.95. The Bertz CT molecular complexity index is 1380. The summed E-state index contributed by atoms with van der Waals surface area (Å²) >= 11 is 0. The van der Waals surface area contributed by atoms with Gasteiger partial charge in [-0.05, 0) is 63.8 Å². The molecule has 4 heterocycles. The van der Waals surface area contributed by atoms with Gasteiger partial charge in [-0.1, -0.05) is 6.07 Å². The highest BCUT2D eigenvalue weighted by atomic mass is 16.5. The number of nitrogens with two attached hydrogens (primary N) is 1. The minimum atomic E-state index is -0.212. The molecule has 1 saturated heterocycles. The third-order valence-corrected chi connectivity index (χ3v) is 7.24. The number of benzene rings is 1. The smallest absolute Gasteiger partial charge is 0.193 e. The van der Waals surface area contributed by atoms with E-state index in [4.69, 9.17) is 15.5 Å². The van der Waals surface area contributed by atoms with E-state index >= 15 is 0 Å². The molecule has 10 heteroatoms. The van der Waals surface area contributed by atoms with Gasteiger partial charge in [-0.15, -0.1) is 0 Å². The number of likely N-dealkylation sites (tertiary alicyclic amines) is 1. The summed E-state index contributed by atoms with van der Waals surface area (Å²) in [7, 11) is 6.15. The lowest BCUT2D eigenvalue weighted by Gasteiger charge is -2.19. The molecule has 2 bridgehead atoms. The van der Waals surface area contributed by atoms with E-state index in [1.54, 1.807) is 4.68 Å². The van der Waals surface area contributed by atoms with Gasteiger partial charge in [0.05, 0.1) is 34.7 Å². The maximum atomic E-state index is 9.95. The number of aliphatic hydroxyl groups excluding tert-OH is 1. The molecule has 10 nitrogen and oxygen atoms in total. The quantitative estimate of drug-likeness (QED) is 0.526. The molecule has 3 N–H and O–H groups in total. The predicted molar refractivity (Wildman–Crippen MR) is 146 cm³/mol. The zero-order valence-electron chi connectivity index (χ0n) is 22.1. The van der Waals surface area contributed by atoms with Crippen molar-refractivity contribution in [3.05, 3.63) is 53.3 Å². The Balaban J connectivity index is 1.62. The van der Waals surface area contributed by atoms with Crippen molar-refractivity contribution in [1.29, 1.82) is 0 Å². The number of aryl methyl sites for hydroxylation is 1. The minimum Gasteiger partial charge on any atom is -0.478 e. The molecule has 1 unspecified atom stereocenters. The second kappa shape index (κ2) is 10.5. The number of aromatic nitrogens is 4. The van der Waals surface area contributed by atoms with E-state index in [-0.39, 0.29) is 12.8 Å². The Labute approximate surface area is 217 Å². The van der Waals surface area contributed by atoms with Crippen LogP contribution in [0.25, 0.3) is 28.1 Å². The highest BCUT2D eigenvalue weighted by Crippen LogP contribution is 2.30. The van der Waals surface area contributed by atoms with Crippen LogP contribution in [0.2, 0.25) is 0 Å². The minimum absolute atomic E-state index is 0.212. The highest BCUT2D eigenvalue weighted by Gasteiger charge is 2.20. The van der Waals surface area contributed by atoms with Crippen molar-refractivity contribution in [3.63, 3.8) is 0 Å². The normalized spacial score (nSPS) is 23.2. The van der Waals surface area contributed by atoms with E-state index < -0.39 is 0 Å². The Morgan fingerprint density at radius 2 is 2.03 bits per heavy atom. The number of aliphatic hydroxyl groups is 1. The van der Waals surface area contributed by atoms with Crippen molar-refractivity contribution >= 4 is 22.7 Å². The molecule has 0 amide bonds. The summed E-state index contributed by atoms with van der Waals surface area (Å²) in [5.41, 5.74) is 12.9.